The molecule has 1 atom stereocenters. The number of carbonyl (C=O) groups is 2. The molecular formula is C16H18N2O2S. The van der Waals surface area contributed by atoms with E-state index >= 15 is 0 Å². The first-order valence-electron chi connectivity index (χ1n) is 7.03. The number of carbonyl (C=O) groups excluding carboxylic acids is 2. The highest BCUT2D eigenvalue weighted by molar-refractivity contribution is 8.13. The Balaban J connectivity index is 1.78. The van der Waals surface area contributed by atoms with Gasteiger partial charge in [-0.25, -0.2) is 0 Å². The van der Waals surface area contributed by atoms with Crippen molar-refractivity contribution in [1.82, 2.24) is 4.57 Å². The number of fused-ring (bicyclic) bond motifs is 1. The third-order valence-electron chi connectivity index (χ3n) is 3.91. The monoisotopic (exact) mass is 302 g/mol. The van der Waals surface area contributed by atoms with Crippen LogP contribution in [0.1, 0.15) is 13.3 Å². The lowest BCUT2D eigenvalue weighted by Gasteiger charge is -2.17. The Morgan fingerprint density at radius 1 is 1.38 bits per heavy atom. The van der Waals surface area contributed by atoms with Gasteiger partial charge in [0.1, 0.15) is 0 Å². The van der Waals surface area contributed by atoms with Gasteiger partial charge in [-0.3, -0.25) is 9.59 Å². The van der Waals surface area contributed by atoms with Gasteiger partial charge in [-0.2, -0.15) is 0 Å². The van der Waals surface area contributed by atoms with Gasteiger partial charge in [-0.05, 0) is 30.2 Å². The summed E-state index contributed by atoms with van der Waals surface area (Å²) in [5, 5.41) is 1.26. The van der Waals surface area contributed by atoms with Crippen molar-refractivity contribution in [2.45, 2.75) is 13.3 Å². The minimum Gasteiger partial charge on any atom is -0.351 e. The van der Waals surface area contributed by atoms with E-state index in [1.54, 1.807) is 6.92 Å². The molecular weight excluding hydrogens is 284 g/mol. The van der Waals surface area contributed by atoms with Crippen LogP contribution in [0.3, 0.4) is 0 Å². The number of anilines is 1. The molecule has 1 saturated heterocycles. The van der Waals surface area contributed by atoms with Gasteiger partial charge < -0.3 is 9.47 Å². The molecule has 1 aromatic carbocycles. The summed E-state index contributed by atoms with van der Waals surface area (Å²) in [5.41, 5.74) is 2.11. The number of hydrogen-bond donors (Lipinski definition) is 0. The Bertz CT molecular complexity index is 707. The summed E-state index contributed by atoms with van der Waals surface area (Å²) in [6.45, 7) is 2.28. The van der Waals surface area contributed by atoms with E-state index in [1.807, 2.05) is 24.2 Å². The van der Waals surface area contributed by atoms with Gasteiger partial charge in [0.25, 0.3) is 0 Å². The highest BCUT2D eigenvalue weighted by Gasteiger charge is 2.30. The van der Waals surface area contributed by atoms with E-state index in [9.17, 15) is 9.59 Å². The topological polar surface area (TPSA) is 42.3 Å². The number of aromatic nitrogens is 1. The van der Waals surface area contributed by atoms with Crippen molar-refractivity contribution in [3.8, 4) is 0 Å². The molecule has 1 aliphatic heterocycles. The van der Waals surface area contributed by atoms with Crippen molar-refractivity contribution in [3.05, 3.63) is 30.5 Å². The van der Waals surface area contributed by atoms with Crippen LogP contribution in [0.25, 0.3) is 10.9 Å². The molecule has 1 fully saturated rings. The Kier molecular flexibility index (Phi) is 3.76. The maximum absolute atomic E-state index is 12.2. The third-order valence-corrected chi connectivity index (χ3v) is 4.95. The average Bonchev–Trinajstić information content (AvgIpc) is 3.00. The predicted molar refractivity (Wildman–Crippen MR) is 86.5 cm³/mol. The van der Waals surface area contributed by atoms with Crippen LogP contribution >= 0.6 is 11.8 Å². The molecule has 1 aliphatic rings. The van der Waals surface area contributed by atoms with Crippen molar-refractivity contribution in [1.29, 1.82) is 0 Å². The highest BCUT2D eigenvalue weighted by atomic mass is 32.2. The van der Waals surface area contributed by atoms with Crippen LogP contribution in [0.4, 0.5) is 5.69 Å². The lowest BCUT2D eigenvalue weighted by molar-refractivity contribution is -0.117. The minimum absolute atomic E-state index is 0.117. The molecule has 0 N–H and O–H groups in total. The minimum atomic E-state index is 0.117. The van der Waals surface area contributed by atoms with Crippen LogP contribution < -0.4 is 4.90 Å². The molecule has 0 saturated carbocycles. The second-order valence-corrected chi connectivity index (χ2v) is 6.74. The van der Waals surface area contributed by atoms with Gasteiger partial charge in [0.05, 0.1) is 0 Å². The second-order valence-electron chi connectivity index (χ2n) is 5.55. The standard InChI is InChI=1S/C16H18N2O2S/c1-11(19)21-10-12-7-16(20)18(9-12)14-3-4-15-13(8-14)5-6-17(15)2/h3-6,8,12H,7,9-10H2,1-2H3. The highest BCUT2D eigenvalue weighted by Crippen LogP contribution is 2.29. The van der Waals surface area contributed by atoms with Crippen molar-refractivity contribution in [2.24, 2.45) is 13.0 Å². The van der Waals surface area contributed by atoms with Crippen LogP contribution in [0.15, 0.2) is 30.5 Å². The zero-order valence-electron chi connectivity index (χ0n) is 12.2. The largest absolute Gasteiger partial charge is 0.351 e. The normalized spacial score (nSPS) is 18.7. The summed E-state index contributed by atoms with van der Waals surface area (Å²) in [6, 6.07) is 8.17. The van der Waals surface area contributed by atoms with Crippen molar-refractivity contribution >= 4 is 39.4 Å². The number of rotatable bonds is 3. The number of amides is 1. The first-order chi connectivity index (χ1) is 10.0. The van der Waals surface area contributed by atoms with Crippen LogP contribution in [-0.2, 0) is 16.6 Å². The molecule has 0 radical (unpaired) electrons. The molecule has 21 heavy (non-hydrogen) atoms. The fraction of sp³-hybridized carbons (Fsp3) is 0.375. The SMILES string of the molecule is CC(=O)SCC1CC(=O)N(c2ccc3c(ccn3C)c2)C1. The van der Waals surface area contributed by atoms with Crippen LogP contribution in [0.2, 0.25) is 0 Å². The molecule has 1 aromatic heterocycles. The van der Waals surface area contributed by atoms with E-state index in [-0.39, 0.29) is 16.9 Å². The summed E-state index contributed by atoms with van der Waals surface area (Å²) < 4.78 is 2.07. The van der Waals surface area contributed by atoms with Gasteiger partial charge >= 0.3 is 0 Å². The third kappa shape index (κ3) is 2.83. The van der Waals surface area contributed by atoms with E-state index in [0.29, 0.717) is 13.0 Å². The van der Waals surface area contributed by atoms with E-state index in [2.05, 4.69) is 22.8 Å². The van der Waals surface area contributed by atoms with E-state index in [1.165, 1.54) is 11.8 Å². The number of benzene rings is 1. The van der Waals surface area contributed by atoms with E-state index in [4.69, 9.17) is 0 Å². The Labute approximate surface area is 128 Å². The molecule has 1 unspecified atom stereocenters. The van der Waals surface area contributed by atoms with Crippen LogP contribution in [0, 0.1) is 5.92 Å². The van der Waals surface area contributed by atoms with E-state index < -0.39 is 0 Å². The molecule has 1 amide bonds. The first-order valence-corrected chi connectivity index (χ1v) is 8.02. The second kappa shape index (κ2) is 5.56. The van der Waals surface area contributed by atoms with Crippen molar-refractivity contribution < 1.29 is 9.59 Å². The number of hydrogen-bond acceptors (Lipinski definition) is 3. The predicted octanol–water partition coefficient (Wildman–Crippen LogP) is 2.81. The van der Waals surface area contributed by atoms with Gasteiger partial charge in [-0.15, -0.1) is 0 Å². The van der Waals surface area contributed by atoms with Crippen molar-refractivity contribution in [2.75, 3.05) is 17.2 Å². The Hall–Kier alpha value is -1.75. The fourth-order valence-electron chi connectivity index (χ4n) is 2.81. The summed E-state index contributed by atoms with van der Waals surface area (Å²) in [7, 11) is 2.01. The molecule has 5 heteroatoms. The maximum Gasteiger partial charge on any atom is 0.227 e. The van der Waals surface area contributed by atoms with Gasteiger partial charge in [0.15, 0.2) is 5.12 Å². The quantitative estimate of drug-likeness (QED) is 0.875. The lowest BCUT2D eigenvalue weighted by Crippen LogP contribution is -2.24. The zero-order chi connectivity index (χ0) is 15.0. The Morgan fingerprint density at radius 3 is 2.95 bits per heavy atom. The van der Waals surface area contributed by atoms with Gasteiger partial charge in [0, 0.05) is 55.5 Å². The zero-order valence-corrected chi connectivity index (χ0v) is 13.0. The molecule has 0 spiro atoms. The number of thioether (sulfide) groups is 1. The number of aryl methyl sites for hydroxylation is 1. The molecule has 2 heterocycles. The van der Waals surface area contributed by atoms with Crippen LogP contribution in [0.5, 0.6) is 0 Å². The smallest absolute Gasteiger partial charge is 0.227 e. The van der Waals surface area contributed by atoms with E-state index in [0.717, 1.165) is 22.3 Å². The molecule has 0 aliphatic carbocycles. The lowest BCUT2D eigenvalue weighted by atomic mass is 10.1. The molecule has 4 nitrogen and oxygen atoms in total. The van der Waals surface area contributed by atoms with Crippen LogP contribution in [-0.4, -0.2) is 27.9 Å². The average molecular weight is 302 g/mol. The van der Waals surface area contributed by atoms with Gasteiger partial charge in [0.2, 0.25) is 5.91 Å². The molecule has 3 rings (SSSR count). The summed E-state index contributed by atoms with van der Waals surface area (Å²) in [4.78, 5) is 25.1. The molecule has 0 bridgehead atoms. The molecule has 110 valence electrons. The first kappa shape index (κ1) is 14.2. The fourth-order valence-corrected chi connectivity index (χ4v) is 3.51. The molecule has 2 aromatic rings. The summed E-state index contributed by atoms with van der Waals surface area (Å²) >= 11 is 1.31. The summed E-state index contributed by atoms with van der Waals surface area (Å²) in [5.74, 6) is 1.14. The summed E-state index contributed by atoms with van der Waals surface area (Å²) in [6.07, 6.45) is 2.56. The van der Waals surface area contributed by atoms with Gasteiger partial charge in [-0.1, -0.05) is 11.8 Å². The maximum atomic E-state index is 12.2. The van der Waals surface area contributed by atoms with Crippen molar-refractivity contribution in [3.63, 3.8) is 0 Å². The number of nitrogens with zero attached hydrogens (tertiary/aromatic N) is 2. The Morgan fingerprint density at radius 2 is 2.19 bits per heavy atom.